The largest absolute Gasteiger partial charge is 0.435 e. The van der Waals surface area contributed by atoms with E-state index in [0.29, 0.717) is 0 Å². The molecule has 0 aromatic heterocycles. The zero-order chi connectivity index (χ0) is 24.1. The first kappa shape index (κ1) is 24.0. The second kappa shape index (κ2) is 10.3. The monoisotopic (exact) mass is 484 g/mol. The third-order valence-corrected chi connectivity index (χ3v) is 4.63. The van der Waals surface area contributed by atoms with E-state index in [1.165, 1.54) is 30.3 Å². The van der Waals surface area contributed by atoms with Crippen LogP contribution in [0.15, 0.2) is 54.6 Å². The Bertz CT molecular complexity index is 1190. The van der Waals surface area contributed by atoms with Gasteiger partial charge in [-0.05, 0) is 54.1 Å². The van der Waals surface area contributed by atoms with Crippen LogP contribution in [0.2, 0.25) is 5.02 Å². The summed E-state index contributed by atoms with van der Waals surface area (Å²) in [5.74, 6) is -5.00. The van der Waals surface area contributed by atoms with Crippen LogP contribution >= 0.6 is 11.6 Å². The Balaban J connectivity index is 1.73. The highest BCUT2D eigenvalue weighted by molar-refractivity contribution is 6.34. The van der Waals surface area contributed by atoms with Gasteiger partial charge in [-0.3, -0.25) is 9.59 Å². The van der Waals surface area contributed by atoms with Gasteiger partial charge in [-0.25, -0.2) is 13.2 Å². The zero-order valence-corrected chi connectivity index (χ0v) is 17.2. The summed E-state index contributed by atoms with van der Waals surface area (Å²) < 4.78 is 69.2. The Labute approximate surface area is 189 Å². The maximum Gasteiger partial charge on any atom is 0.387 e. The molecule has 0 bridgehead atoms. The molecule has 2 N–H and O–H groups in total. The van der Waals surface area contributed by atoms with Gasteiger partial charge in [-0.15, -0.1) is 0 Å². The van der Waals surface area contributed by atoms with E-state index in [9.17, 15) is 31.5 Å². The first-order valence-corrected chi connectivity index (χ1v) is 9.59. The molecule has 0 spiro atoms. The molecule has 0 atom stereocenters. The lowest BCUT2D eigenvalue weighted by molar-refractivity contribution is -0.0498. The lowest BCUT2D eigenvalue weighted by Crippen LogP contribution is -2.25. The van der Waals surface area contributed by atoms with Crippen molar-refractivity contribution in [3.05, 3.63) is 93.8 Å². The van der Waals surface area contributed by atoms with Gasteiger partial charge < -0.3 is 15.4 Å². The summed E-state index contributed by atoms with van der Waals surface area (Å²) in [6, 6.07) is 9.71. The number of ether oxygens (including phenoxy) is 1. The second-order valence-electron chi connectivity index (χ2n) is 6.60. The number of amides is 2. The van der Waals surface area contributed by atoms with Gasteiger partial charge in [0.05, 0.1) is 16.1 Å². The van der Waals surface area contributed by atoms with Gasteiger partial charge in [0.1, 0.15) is 11.6 Å². The van der Waals surface area contributed by atoms with Crippen LogP contribution < -0.4 is 15.4 Å². The van der Waals surface area contributed by atoms with Gasteiger partial charge in [0, 0.05) is 12.2 Å². The van der Waals surface area contributed by atoms with Crippen molar-refractivity contribution in [3.8, 4) is 5.75 Å². The van der Waals surface area contributed by atoms with Gasteiger partial charge in [0.2, 0.25) is 0 Å². The standard InChI is InChI=1S/C22H14ClF5N2O3/c23-16-9-18(25)15(20(31)29-10-11-1-6-17(24)19(26)7-11)8-14(16)21(32)30-12-2-4-13(5-3-12)33-22(27)28/h1-9,22H,10H2,(H,29,31)(H,30,32). The Morgan fingerprint density at radius 2 is 1.55 bits per heavy atom. The highest BCUT2D eigenvalue weighted by atomic mass is 35.5. The highest BCUT2D eigenvalue weighted by Crippen LogP contribution is 2.24. The number of halogens is 6. The number of carbonyl (C=O) groups is 2. The lowest BCUT2D eigenvalue weighted by atomic mass is 10.1. The van der Waals surface area contributed by atoms with Crippen LogP contribution in [-0.2, 0) is 6.54 Å². The first-order valence-electron chi connectivity index (χ1n) is 9.21. The number of carbonyl (C=O) groups excluding carboxylic acids is 2. The van der Waals surface area contributed by atoms with E-state index < -0.39 is 41.4 Å². The number of hydrogen-bond donors (Lipinski definition) is 2. The zero-order valence-electron chi connectivity index (χ0n) is 16.5. The summed E-state index contributed by atoms with van der Waals surface area (Å²) in [5.41, 5.74) is -0.308. The Hall–Kier alpha value is -3.66. The minimum absolute atomic E-state index is 0.122. The average Bonchev–Trinajstić information content (AvgIpc) is 2.75. The van der Waals surface area contributed by atoms with E-state index in [1.807, 2.05) is 0 Å². The molecule has 11 heteroatoms. The first-order chi connectivity index (χ1) is 15.6. The Kier molecular flexibility index (Phi) is 7.49. The van der Waals surface area contributed by atoms with E-state index in [1.54, 1.807) is 0 Å². The summed E-state index contributed by atoms with van der Waals surface area (Å²) in [5, 5.41) is 4.50. The molecule has 33 heavy (non-hydrogen) atoms. The smallest absolute Gasteiger partial charge is 0.387 e. The SMILES string of the molecule is O=C(NCc1ccc(F)c(F)c1)c1cc(C(=O)Nc2ccc(OC(F)F)cc2)c(Cl)cc1F. The fraction of sp³-hybridized carbons (Fsp3) is 0.0909. The van der Waals surface area contributed by atoms with Gasteiger partial charge in [0.15, 0.2) is 11.6 Å². The molecule has 5 nitrogen and oxygen atoms in total. The van der Waals surface area contributed by atoms with Gasteiger partial charge in [-0.1, -0.05) is 17.7 Å². The van der Waals surface area contributed by atoms with Gasteiger partial charge in [-0.2, -0.15) is 8.78 Å². The number of alkyl halides is 2. The maximum absolute atomic E-state index is 14.3. The Morgan fingerprint density at radius 1 is 0.848 bits per heavy atom. The normalized spacial score (nSPS) is 10.8. The van der Waals surface area contributed by atoms with E-state index in [4.69, 9.17) is 11.6 Å². The van der Waals surface area contributed by atoms with Crippen molar-refractivity contribution in [2.75, 3.05) is 5.32 Å². The quantitative estimate of drug-likeness (QED) is 0.433. The number of nitrogens with one attached hydrogen (secondary N) is 2. The molecule has 0 heterocycles. The molecule has 172 valence electrons. The highest BCUT2D eigenvalue weighted by Gasteiger charge is 2.19. The number of benzene rings is 3. The van der Waals surface area contributed by atoms with Crippen molar-refractivity contribution < 1.29 is 36.3 Å². The van der Waals surface area contributed by atoms with E-state index in [0.717, 1.165) is 24.3 Å². The van der Waals surface area contributed by atoms with Crippen LogP contribution in [-0.4, -0.2) is 18.4 Å². The van der Waals surface area contributed by atoms with Crippen molar-refractivity contribution in [1.29, 1.82) is 0 Å². The minimum atomic E-state index is -3.00. The predicted octanol–water partition coefficient (Wildman–Crippen LogP) is 5.54. The van der Waals surface area contributed by atoms with Crippen LogP contribution in [0.25, 0.3) is 0 Å². The fourth-order valence-corrected chi connectivity index (χ4v) is 2.98. The predicted molar refractivity (Wildman–Crippen MR) is 110 cm³/mol. The summed E-state index contributed by atoms with van der Waals surface area (Å²) in [6.07, 6.45) is 0. The van der Waals surface area contributed by atoms with Crippen LogP contribution in [0.1, 0.15) is 26.3 Å². The maximum atomic E-state index is 14.3. The molecule has 0 aliphatic rings. The van der Waals surface area contributed by atoms with Crippen LogP contribution in [0.4, 0.5) is 27.6 Å². The van der Waals surface area contributed by atoms with Crippen LogP contribution in [0.3, 0.4) is 0 Å². The van der Waals surface area contributed by atoms with Crippen LogP contribution in [0, 0.1) is 17.5 Å². The molecule has 0 aliphatic heterocycles. The average molecular weight is 485 g/mol. The third-order valence-electron chi connectivity index (χ3n) is 4.32. The third kappa shape index (κ3) is 6.19. The molecule has 0 saturated heterocycles. The molecule has 2 amide bonds. The van der Waals surface area contributed by atoms with Gasteiger partial charge >= 0.3 is 6.61 Å². The molecule has 0 radical (unpaired) electrons. The molecular weight excluding hydrogens is 471 g/mol. The summed E-state index contributed by atoms with van der Waals surface area (Å²) in [4.78, 5) is 24.9. The van der Waals surface area contributed by atoms with E-state index in [-0.39, 0.29) is 34.1 Å². The molecule has 3 rings (SSSR count). The molecule has 3 aromatic carbocycles. The minimum Gasteiger partial charge on any atom is -0.435 e. The molecule has 0 aliphatic carbocycles. The molecule has 0 saturated carbocycles. The van der Waals surface area contributed by atoms with E-state index >= 15 is 0 Å². The topological polar surface area (TPSA) is 67.4 Å². The molecule has 3 aromatic rings. The van der Waals surface area contributed by atoms with E-state index in [2.05, 4.69) is 15.4 Å². The summed E-state index contributed by atoms with van der Waals surface area (Å²) >= 11 is 5.94. The molecule has 0 fully saturated rings. The summed E-state index contributed by atoms with van der Waals surface area (Å²) in [7, 11) is 0. The number of hydrogen-bond acceptors (Lipinski definition) is 3. The lowest BCUT2D eigenvalue weighted by Gasteiger charge is -2.11. The van der Waals surface area contributed by atoms with Crippen molar-refractivity contribution in [2.24, 2.45) is 0 Å². The second-order valence-corrected chi connectivity index (χ2v) is 7.01. The molecular formula is C22H14ClF5N2O3. The van der Waals surface area contributed by atoms with Crippen molar-refractivity contribution in [3.63, 3.8) is 0 Å². The fourth-order valence-electron chi connectivity index (χ4n) is 2.74. The summed E-state index contributed by atoms with van der Waals surface area (Å²) in [6.45, 7) is -3.23. The van der Waals surface area contributed by atoms with Crippen molar-refractivity contribution in [1.82, 2.24) is 5.32 Å². The van der Waals surface area contributed by atoms with Crippen LogP contribution in [0.5, 0.6) is 5.75 Å². The molecule has 0 unspecified atom stereocenters. The van der Waals surface area contributed by atoms with Crippen molar-refractivity contribution >= 4 is 29.1 Å². The number of anilines is 1. The number of rotatable bonds is 7. The Morgan fingerprint density at radius 3 is 2.18 bits per heavy atom. The van der Waals surface area contributed by atoms with Gasteiger partial charge in [0.25, 0.3) is 11.8 Å². The van der Waals surface area contributed by atoms with Crippen molar-refractivity contribution in [2.45, 2.75) is 13.2 Å².